The zero-order valence-electron chi connectivity index (χ0n) is 11.6. The van der Waals surface area contributed by atoms with E-state index < -0.39 is 17.7 Å². The summed E-state index contributed by atoms with van der Waals surface area (Å²) < 4.78 is 26.7. The first-order valence-corrected chi connectivity index (χ1v) is 7.17. The third kappa shape index (κ3) is 2.95. The van der Waals surface area contributed by atoms with Crippen molar-refractivity contribution in [2.75, 3.05) is 13.1 Å². The van der Waals surface area contributed by atoms with Crippen molar-refractivity contribution in [3.8, 4) is 0 Å². The fraction of sp³-hybridized carbons (Fsp3) is 0.467. The molecule has 0 saturated carbocycles. The number of piperidine rings is 1. The molecule has 0 spiro atoms. The molecule has 2 aliphatic heterocycles. The number of hydrogen-bond acceptors (Lipinski definition) is 3. The first-order valence-electron chi connectivity index (χ1n) is 7.17. The first-order chi connectivity index (χ1) is 10.1. The van der Waals surface area contributed by atoms with Crippen LogP contribution in [0.5, 0.6) is 0 Å². The molecular weight excluding hydrogens is 276 g/mol. The number of carbonyl (C=O) groups excluding carboxylic acids is 1. The number of nitrogens with one attached hydrogen (secondary N) is 1. The van der Waals surface area contributed by atoms with Gasteiger partial charge in [-0.3, -0.25) is 4.79 Å². The van der Waals surface area contributed by atoms with Crippen molar-refractivity contribution in [2.24, 2.45) is 11.0 Å². The molecular formula is C15H17F2N3O. The number of hydrazone groups is 1. The van der Waals surface area contributed by atoms with Gasteiger partial charge in [-0.05, 0) is 43.6 Å². The molecule has 1 saturated heterocycles. The SMILES string of the molecule is O=C(C1CCNCC1)N1N=CC[C@H]1c1cc(F)cc(F)c1. The predicted molar refractivity (Wildman–Crippen MR) is 74.6 cm³/mol. The second-order valence-electron chi connectivity index (χ2n) is 5.46. The Bertz CT molecular complexity index is 550. The van der Waals surface area contributed by atoms with E-state index in [-0.39, 0.29) is 11.8 Å². The molecule has 0 unspecified atom stereocenters. The summed E-state index contributed by atoms with van der Waals surface area (Å²) in [4.78, 5) is 12.6. The van der Waals surface area contributed by atoms with E-state index in [1.54, 1.807) is 6.21 Å². The maximum absolute atomic E-state index is 13.4. The maximum atomic E-state index is 13.4. The largest absolute Gasteiger partial charge is 0.317 e. The molecule has 1 atom stereocenters. The highest BCUT2D eigenvalue weighted by Crippen LogP contribution is 2.31. The monoisotopic (exact) mass is 293 g/mol. The van der Waals surface area contributed by atoms with Gasteiger partial charge in [0, 0.05) is 24.6 Å². The van der Waals surface area contributed by atoms with Crippen LogP contribution in [-0.4, -0.2) is 30.2 Å². The number of nitrogens with zero attached hydrogens (tertiary/aromatic N) is 2. The van der Waals surface area contributed by atoms with Crippen LogP contribution in [0.4, 0.5) is 8.78 Å². The Morgan fingerprint density at radius 3 is 2.52 bits per heavy atom. The number of halogens is 2. The van der Waals surface area contributed by atoms with Gasteiger partial charge in [0.15, 0.2) is 0 Å². The molecule has 3 rings (SSSR count). The third-order valence-corrected chi connectivity index (χ3v) is 4.01. The van der Waals surface area contributed by atoms with Crippen LogP contribution in [0.15, 0.2) is 23.3 Å². The van der Waals surface area contributed by atoms with E-state index in [9.17, 15) is 13.6 Å². The number of amides is 1. The van der Waals surface area contributed by atoms with E-state index in [1.807, 2.05) is 0 Å². The molecule has 1 fully saturated rings. The van der Waals surface area contributed by atoms with Gasteiger partial charge in [0.05, 0.1) is 6.04 Å². The van der Waals surface area contributed by atoms with Crippen LogP contribution in [0.25, 0.3) is 0 Å². The molecule has 1 amide bonds. The molecule has 0 aliphatic carbocycles. The van der Waals surface area contributed by atoms with Crippen LogP contribution < -0.4 is 5.32 Å². The van der Waals surface area contributed by atoms with Crippen molar-refractivity contribution < 1.29 is 13.6 Å². The highest BCUT2D eigenvalue weighted by atomic mass is 19.1. The van der Waals surface area contributed by atoms with Gasteiger partial charge in [0.1, 0.15) is 11.6 Å². The second-order valence-corrected chi connectivity index (χ2v) is 5.46. The molecule has 1 aromatic rings. The summed E-state index contributed by atoms with van der Waals surface area (Å²) >= 11 is 0. The molecule has 4 nitrogen and oxygen atoms in total. The minimum atomic E-state index is -0.633. The number of carbonyl (C=O) groups is 1. The fourth-order valence-corrected chi connectivity index (χ4v) is 2.93. The van der Waals surface area contributed by atoms with Crippen LogP contribution in [0.3, 0.4) is 0 Å². The van der Waals surface area contributed by atoms with Crippen molar-refractivity contribution in [3.05, 3.63) is 35.4 Å². The van der Waals surface area contributed by atoms with Gasteiger partial charge in [0.25, 0.3) is 0 Å². The average molecular weight is 293 g/mol. The lowest BCUT2D eigenvalue weighted by Gasteiger charge is -2.28. The Labute approximate surface area is 121 Å². The Morgan fingerprint density at radius 1 is 1.19 bits per heavy atom. The van der Waals surface area contributed by atoms with Crippen LogP contribution >= 0.6 is 0 Å². The topological polar surface area (TPSA) is 44.7 Å². The van der Waals surface area contributed by atoms with E-state index in [1.165, 1.54) is 17.1 Å². The van der Waals surface area contributed by atoms with Gasteiger partial charge in [-0.25, -0.2) is 13.8 Å². The van der Waals surface area contributed by atoms with Gasteiger partial charge in [-0.2, -0.15) is 5.10 Å². The van der Waals surface area contributed by atoms with Crippen LogP contribution in [0, 0.1) is 17.6 Å². The van der Waals surface area contributed by atoms with Crippen molar-refractivity contribution in [2.45, 2.75) is 25.3 Å². The summed E-state index contributed by atoms with van der Waals surface area (Å²) in [6.07, 6.45) is 3.66. The zero-order valence-corrected chi connectivity index (χ0v) is 11.6. The van der Waals surface area contributed by atoms with E-state index in [4.69, 9.17) is 0 Å². The van der Waals surface area contributed by atoms with Gasteiger partial charge in [-0.1, -0.05) is 0 Å². The summed E-state index contributed by atoms with van der Waals surface area (Å²) in [6, 6.07) is 2.96. The highest BCUT2D eigenvalue weighted by molar-refractivity contribution is 5.82. The van der Waals surface area contributed by atoms with Crippen molar-refractivity contribution >= 4 is 12.1 Å². The molecule has 0 radical (unpaired) electrons. The summed E-state index contributed by atoms with van der Waals surface area (Å²) in [7, 11) is 0. The van der Waals surface area contributed by atoms with E-state index >= 15 is 0 Å². The number of benzene rings is 1. The fourth-order valence-electron chi connectivity index (χ4n) is 2.93. The van der Waals surface area contributed by atoms with Crippen LogP contribution in [0.2, 0.25) is 0 Å². The molecule has 2 heterocycles. The smallest absolute Gasteiger partial charge is 0.246 e. The standard InChI is InChI=1S/C15H17F2N3O/c16-12-7-11(8-13(17)9-12)14-3-6-19-20(14)15(21)10-1-4-18-5-2-10/h6-10,14,18H,1-5H2/t14-/m0/s1. The Balaban J connectivity index is 1.81. The van der Waals surface area contributed by atoms with Gasteiger partial charge in [0.2, 0.25) is 5.91 Å². The highest BCUT2D eigenvalue weighted by Gasteiger charge is 2.33. The zero-order chi connectivity index (χ0) is 14.8. The number of rotatable bonds is 2. The normalized spacial score (nSPS) is 22.8. The summed E-state index contributed by atoms with van der Waals surface area (Å²) in [6.45, 7) is 1.63. The Morgan fingerprint density at radius 2 is 1.86 bits per heavy atom. The lowest BCUT2D eigenvalue weighted by Crippen LogP contribution is -2.39. The average Bonchev–Trinajstić information content (AvgIpc) is 2.96. The second kappa shape index (κ2) is 5.89. The Hall–Kier alpha value is -1.82. The molecule has 1 N–H and O–H groups in total. The lowest BCUT2D eigenvalue weighted by atomic mass is 9.95. The molecule has 6 heteroatoms. The Kier molecular flexibility index (Phi) is 3.96. The summed E-state index contributed by atoms with van der Waals surface area (Å²) in [5, 5.41) is 8.72. The molecule has 112 valence electrons. The first kappa shape index (κ1) is 14.1. The number of hydrogen-bond donors (Lipinski definition) is 1. The van der Waals surface area contributed by atoms with Crippen LogP contribution in [-0.2, 0) is 4.79 Å². The lowest BCUT2D eigenvalue weighted by molar-refractivity contribution is -0.138. The quantitative estimate of drug-likeness (QED) is 0.908. The molecule has 0 bridgehead atoms. The maximum Gasteiger partial charge on any atom is 0.246 e. The minimum Gasteiger partial charge on any atom is -0.317 e. The van der Waals surface area contributed by atoms with Gasteiger partial charge >= 0.3 is 0 Å². The van der Waals surface area contributed by atoms with Crippen molar-refractivity contribution in [1.29, 1.82) is 0 Å². The molecule has 2 aliphatic rings. The molecule has 21 heavy (non-hydrogen) atoms. The predicted octanol–water partition coefficient (Wildman–Crippen LogP) is 2.22. The van der Waals surface area contributed by atoms with Crippen LogP contribution in [0.1, 0.15) is 30.9 Å². The third-order valence-electron chi connectivity index (χ3n) is 4.01. The molecule has 0 aromatic heterocycles. The van der Waals surface area contributed by atoms with Crippen molar-refractivity contribution in [1.82, 2.24) is 10.3 Å². The van der Waals surface area contributed by atoms with E-state index in [2.05, 4.69) is 10.4 Å². The summed E-state index contributed by atoms with van der Waals surface area (Å²) in [5.41, 5.74) is 0.451. The van der Waals surface area contributed by atoms with Gasteiger partial charge < -0.3 is 5.32 Å². The minimum absolute atomic E-state index is 0.0556. The van der Waals surface area contributed by atoms with Gasteiger partial charge in [-0.15, -0.1) is 0 Å². The van der Waals surface area contributed by atoms with E-state index in [0.717, 1.165) is 32.0 Å². The summed E-state index contributed by atoms with van der Waals surface area (Å²) in [5.74, 6) is -1.39. The van der Waals surface area contributed by atoms with Crippen molar-refractivity contribution in [3.63, 3.8) is 0 Å². The van der Waals surface area contributed by atoms with E-state index in [0.29, 0.717) is 12.0 Å². The molecule has 1 aromatic carbocycles.